The van der Waals surface area contributed by atoms with Crippen LogP contribution >= 0.6 is 35.3 Å². The number of hydrogen-bond acceptors (Lipinski definition) is 4. The van der Waals surface area contributed by atoms with Crippen LogP contribution in [0.25, 0.3) is 21.0 Å². The first-order valence-corrected chi connectivity index (χ1v) is 8.70. The molecule has 0 saturated carbocycles. The molecule has 0 aliphatic carbocycles. The van der Waals surface area contributed by atoms with E-state index in [0.717, 1.165) is 28.0 Å². The van der Waals surface area contributed by atoms with Crippen molar-refractivity contribution >= 4 is 51.5 Å². The Morgan fingerprint density at radius 2 is 1.96 bits per heavy atom. The summed E-state index contributed by atoms with van der Waals surface area (Å²) in [6.45, 7) is 6.86. The summed E-state index contributed by atoms with van der Waals surface area (Å²) in [7, 11) is 1.76. The third-order valence-corrected chi connectivity index (χ3v) is 4.36. The van der Waals surface area contributed by atoms with Crippen molar-refractivity contribution in [2.24, 2.45) is 4.99 Å². The Morgan fingerprint density at radius 1 is 1.20 bits per heavy atom. The van der Waals surface area contributed by atoms with Crippen molar-refractivity contribution in [1.82, 2.24) is 15.6 Å². The predicted molar refractivity (Wildman–Crippen MR) is 116 cm³/mol. The zero-order valence-electron chi connectivity index (χ0n) is 14.8. The summed E-state index contributed by atoms with van der Waals surface area (Å²) < 4.78 is 7.09. The van der Waals surface area contributed by atoms with E-state index in [-0.39, 0.29) is 29.5 Å². The number of para-hydroxylation sites is 1. The second-order valence-corrected chi connectivity index (χ2v) is 7.58. The van der Waals surface area contributed by atoms with Crippen LogP contribution in [0.3, 0.4) is 0 Å². The molecule has 0 radical (unpaired) electrons. The van der Waals surface area contributed by atoms with Crippen LogP contribution in [0.15, 0.2) is 45.8 Å². The van der Waals surface area contributed by atoms with Gasteiger partial charge >= 0.3 is 0 Å². The van der Waals surface area contributed by atoms with Crippen molar-refractivity contribution in [1.29, 1.82) is 0 Å². The quantitative estimate of drug-likeness (QED) is 0.333. The molecule has 5 nitrogen and oxygen atoms in total. The van der Waals surface area contributed by atoms with Crippen LogP contribution in [0.5, 0.6) is 0 Å². The Balaban J connectivity index is 0.00000225. The number of fused-ring (bicyclic) bond motifs is 1. The highest BCUT2D eigenvalue weighted by molar-refractivity contribution is 14.0. The largest absolute Gasteiger partial charge is 0.457 e. The first kappa shape index (κ1) is 19.7. The van der Waals surface area contributed by atoms with Crippen molar-refractivity contribution in [3.05, 3.63) is 42.2 Å². The third kappa shape index (κ3) is 5.18. The molecule has 0 fully saturated rings. The molecule has 0 aliphatic rings. The van der Waals surface area contributed by atoms with Gasteiger partial charge in [0.2, 0.25) is 0 Å². The third-order valence-electron chi connectivity index (χ3n) is 3.31. The molecule has 0 spiro atoms. The van der Waals surface area contributed by atoms with E-state index in [4.69, 9.17) is 4.42 Å². The number of thiazole rings is 1. The summed E-state index contributed by atoms with van der Waals surface area (Å²) in [5.41, 5.74) is 0.959. The fourth-order valence-electron chi connectivity index (χ4n) is 2.27. The lowest BCUT2D eigenvalue weighted by atomic mass is 10.1. The topological polar surface area (TPSA) is 62.5 Å². The molecule has 134 valence electrons. The summed E-state index contributed by atoms with van der Waals surface area (Å²) in [5, 5.41) is 7.48. The lowest BCUT2D eigenvalue weighted by Gasteiger charge is -2.23. The number of halogens is 1. The van der Waals surface area contributed by atoms with Crippen LogP contribution in [0.2, 0.25) is 0 Å². The lowest BCUT2D eigenvalue weighted by Crippen LogP contribution is -2.47. The van der Waals surface area contributed by atoms with E-state index in [9.17, 15) is 0 Å². The van der Waals surface area contributed by atoms with E-state index in [1.54, 1.807) is 18.4 Å². The fourth-order valence-corrected chi connectivity index (χ4v) is 3.20. The first-order valence-electron chi connectivity index (χ1n) is 7.88. The van der Waals surface area contributed by atoms with Crippen LogP contribution in [0.1, 0.15) is 26.5 Å². The van der Waals surface area contributed by atoms with E-state index in [0.29, 0.717) is 6.54 Å². The molecular formula is C18H23IN4OS. The molecule has 0 amide bonds. The van der Waals surface area contributed by atoms with Gasteiger partial charge in [-0.15, -0.1) is 35.3 Å². The maximum atomic E-state index is 5.93. The number of furan rings is 1. The second kappa shape index (κ2) is 8.18. The van der Waals surface area contributed by atoms with Gasteiger partial charge in [0.05, 0.1) is 16.8 Å². The normalized spacial score (nSPS) is 12.1. The van der Waals surface area contributed by atoms with Crippen molar-refractivity contribution < 1.29 is 4.42 Å². The zero-order valence-corrected chi connectivity index (χ0v) is 17.9. The molecular weight excluding hydrogens is 447 g/mol. The average Bonchev–Trinajstić information content (AvgIpc) is 3.16. The van der Waals surface area contributed by atoms with Crippen molar-refractivity contribution in [3.63, 3.8) is 0 Å². The van der Waals surface area contributed by atoms with E-state index in [2.05, 4.69) is 47.4 Å². The van der Waals surface area contributed by atoms with Crippen LogP contribution in [-0.4, -0.2) is 23.5 Å². The highest BCUT2D eigenvalue weighted by Gasteiger charge is 2.13. The monoisotopic (exact) mass is 470 g/mol. The number of guanidine groups is 1. The SMILES string of the molecule is CN=C(NCc1ccc(-c2nc3ccccc3s2)o1)NC(C)(C)C.I. The summed E-state index contributed by atoms with van der Waals surface area (Å²) >= 11 is 1.64. The number of nitrogens with zero attached hydrogens (tertiary/aromatic N) is 2. The summed E-state index contributed by atoms with van der Waals surface area (Å²) in [4.78, 5) is 8.85. The number of nitrogens with one attached hydrogen (secondary N) is 2. The minimum Gasteiger partial charge on any atom is -0.457 e. The molecule has 0 unspecified atom stereocenters. The van der Waals surface area contributed by atoms with Gasteiger partial charge in [0.25, 0.3) is 0 Å². The van der Waals surface area contributed by atoms with Gasteiger partial charge in [0.15, 0.2) is 16.7 Å². The average molecular weight is 470 g/mol. The van der Waals surface area contributed by atoms with Gasteiger partial charge in [0, 0.05) is 12.6 Å². The van der Waals surface area contributed by atoms with Gasteiger partial charge in [-0.3, -0.25) is 4.99 Å². The van der Waals surface area contributed by atoms with Gasteiger partial charge in [-0.25, -0.2) is 4.98 Å². The van der Waals surface area contributed by atoms with Gasteiger partial charge < -0.3 is 15.1 Å². The maximum Gasteiger partial charge on any atom is 0.191 e. The standard InChI is InChI=1S/C18H22N4OS.HI/c1-18(2,3)22-17(19-4)20-11-12-9-10-14(23-12)16-21-13-7-5-6-8-15(13)24-16;/h5-10H,11H2,1-4H3,(H2,19,20,22);1H. The molecule has 0 atom stereocenters. The van der Waals surface area contributed by atoms with E-state index in [1.165, 1.54) is 4.70 Å². The van der Waals surface area contributed by atoms with Crippen molar-refractivity contribution in [2.45, 2.75) is 32.9 Å². The number of aromatic nitrogens is 1. The Labute approximate surface area is 169 Å². The summed E-state index contributed by atoms with van der Waals surface area (Å²) in [6.07, 6.45) is 0. The smallest absolute Gasteiger partial charge is 0.191 e. The highest BCUT2D eigenvalue weighted by atomic mass is 127. The first-order chi connectivity index (χ1) is 11.4. The molecule has 7 heteroatoms. The fraction of sp³-hybridized carbons (Fsp3) is 0.333. The van der Waals surface area contributed by atoms with Gasteiger partial charge in [0.1, 0.15) is 5.76 Å². The molecule has 1 aromatic carbocycles. The number of aliphatic imine (C=N–C) groups is 1. The molecule has 2 heterocycles. The Bertz CT molecular complexity index is 830. The van der Waals surface area contributed by atoms with Gasteiger partial charge in [-0.1, -0.05) is 12.1 Å². The van der Waals surface area contributed by atoms with E-state index < -0.39 is 0 Å². The van der Waals surface area contributed by atoms with Gasteiger partial charge in [-0.05, 0) is 45.0 Å². The number of benzene rings is 1. The van der Waals surface area contributed by atoms with Crippen LogP contribution in [0.4, 0.5) is 0 Å². The summed E-state index contributed by atoms with van der Waals surface area (Å²) in [5.74, 6) is 2.40. The minimum atomic E-state index is -0.0445. The second-order valence-electron chi connectivity index (χ2n) is 6.55. The molecule has 2 aromatic heterocycles. The predicted octanol–water partition coefficient (Wildman–Crippen LogP) is 4.64. The van der Waals surface area contributed by atoms with E-state index >= 15 is 0 Å². The van der Waals surface area contributed by atoms with Crippen LogP contribution in [-0.2, 0) is 6.54 Å². The molecule has 0 saturated heterocycles. The maximum absolute atomic E-state index is 5.93. The molecule has 3 aromatic rings. The van der Waals surface area contributed by atoms with Crippen LogP contribution < -0.4 is 10.6 Å². The van der Waals surface area contributed by atoms with E-state index in [1.807, 2.05) is 30.3 Å². The minimum absolute atomic E-state index is 0. The molecule has 25 heavy (non-hydrogen) atoms. The Morgan fingerprint density at radius 3 is 2.64 bits per heavy atom. The summed E-state index contributed by atoms with van der Waals surface area (Å²) in [6, 6.07) is 12.0. The van der Waals surface area contributed by atoms with Crippen LogP contribution in [0, 0.1) is 0 Å². The molecule has 0 bridgehead atoms. The van der Waals surface area contributed by atoms with Gasteiger partial charge in [-0.2, -0.15) is 0 Å². The lowest BCUT2D eigenvalue weighted by molar-refractivity contribution is 0.487. The Hall–Kier alpha value is -1.61. The number of hydrogen-bond donors (Lipinski definition) is 2. The molecule has 3 rings (SSSR count). The molecule has 2 N–H and O–H groups in total. The Kier molecular flexibility index (Phi) is 6.45. The number of rotatable bonds is 3. The molecule has 0 aliphatic heterocycles. The highest BCUT2D eigenvalue weighted by Crippen LogP contribution is 2.31. The van der Waals surface area contributed by atoms with Crippen molar-refractivity contribution in [2.75, 3.05) is 7.05 Å². The zero-order chi connectivity index (χ0) is 17.2. The van der Waals surface area contributed by atoms with Crippen molar-refractivity contribution in [3.8, 4) is 10.8 Å².